The van der Waals surface area contributed by atoms with Gasteiger partial charge in [0.2, 0.25) is 5.91 Å². The Kier molecular flexibility index (Phi) is 5.95. The second-order valence-corrected chi connectivity index (χ2v) is 5.15. The fourth-order valence-electron chi connectivity index (χ4n) is 1.65. The van der Waals surface area contributed by atoms with Crippen molar-refractivity contribution < 1.29 is 14.3 Å². The topological polar surface area (TPSA) is 97.5 Å². The van der Waals surface area contributed by atoms with Crippen LogP contribution in [0.2, 0.25) is 0 Å². The molecule has 0 aliphatic carbocycles. The summed E-state index contributed by atoms with van der Waals surface area (Å²) < 4.78 is 4.62. The number of carbonyl (C=O) groups excluding carboxylic acids is 2. The molecule has 1 rings (SSSR count). The van der Waals surface area contributed by atoms with Crippen LogP contribution in [0.4, 0.5) is 11.5 Å². The minimum Gasteiger partial charge on any atom is -0.464 e. The predicted molar refractivity (Wildman–Crippen MR) is 81.1 cm³/mol. The van der Waals surface area contributed by atoms with Crippen LogP contribution in [0.5, 0.6) is 0 Å². The van der Waals surface area contributed by atoms with Crippen molar-refractivity contribution in [1.29, 1.82) is 0 Å². The Morgan fingerprint density at radius 3 is 2.67 bits per heavy atom. The molecule has 3 N–H and O–H groups in total. The van der Waals surface area contributed by atoms with Crippen molar-refractivity contribution >= 4 is 23.4 Å². The maximum absolute atomic E-state index is 11.8. The summed E-state index contributed by atoms with van der Waals surface area (Å²) in [6, 6.07) is 3.05. The molecule has 0 unspecified atom stereocenters. The van der Waals surface area contributed by atoms with E-state index in [0.29, 0.717) is 24.0 Å². The summed E-state index contributed by atoms with van der Waals surface area (Å²) in [5.41, 5.74) is 6.38. The molecule has 1 heterocycles. The summed E-state index contributed by atoms with van der Waals surface area (Å²) in [5.74, 6) is 0.0764. The number of likely N-dealkylation sites (N-methyl/N-ethyl adjacent to an activating group) is 1. The van der Waals surface area contributed by atoms with Gasteiger partial charge in [-0.15, -0.1) is 0 Å². The maximum atomic E-state index is 11.8. The van der Waals surface area contributed by atoms with Crippen LogP contribution in [0.3, 0.4) is 0 Å². The van der Waals surface area contributed by atoms with E-state index < -0.39 is 5.97 Å². The van der Waals surface area contributed by atoms with E-state index in [2.05, 4.69) is 15.0 Å². The Hall–Kier alpha value is -2.31. The molecule has 1 aromatic heterocycles. The Morgan fingerprint density at radius 1 is 1.43 bits per heavy atom. The highest BCUT2D eigenvalue weighted by Crippen LogP contribution is 2.19. The van der Waals surface area contributed by atoms with E-state index in [1.54, 1.807) is 18.0 Å². The summed E-state index contributed by atoms with van der Waals surface area (Å²) in [6.07, 6.45) is 0. The van der Waals surface area contributed by atoms with Crippen molar-refractivity contribution in [3.05, 3.63) is 17.8 Å². The zero-order chi connectivity index (χ0) is 16.0. The van der Waals surface area contributed by atoms with Gasteiger partial charge in [0.25, 0.3) is 0 Å². The number of carbonyl (C=O) groups is 2. The Bertz CT molecular complexity index is 517. The van der Waals surface area contributed by atoms with E-state index in [9.17, 15) is 9.59 Å². The summed E-state index contributed by atoms with van der Waals surface area (Å²) in [7, 11) is 2.97. The van der Waals surface area contributed by atoms with Crippen LogP contribution in [0, 0.1) is 5.92 Å². The fourth-order valence-corrected chi connectivity index (χ4v) is 1.65. The van der Waals surface area contributed by atoms with Crippen molar-refractivity contribution in [2.75, 3.05) is 37.9 Å². The van der Waals surface area contributed by atoms with Crippen LogP contribution in [-0.2, 0) is 9.53 Å². The summed E-state index contributed by atoms with van der Waals surface area (Å²) >= 11 is 0. The molecule has 116 valence electrons. The highest BCUT2D eigenvalue weighted by atomic mass is 16.5. The molecule has 0 aliphatic heterocycles. The summed E-state index contributed by atoms with van der Waals surface area (Å²) in [5, 5.41) is 2.81. The standard InChI is InChI=1S/C14H22N4O3/c1-9(2)7-16-12(19)8-18(3)13-10(15)5-6-11(17-13)14(20)21-4/h5-6,9H,7-8,15H2,1-4H3,(H,16,19). The number of esters is 1. The number of nitrogens with zero attached hydrogens (tertiary/aromatic N) is 2. The van der Waals surface area contributed by atoms with E-state index in [1.807, 2.05) is 13.8 Å². The minimum absolute atomic E-state index is 0.106. The first-order valence-electron chi connectivity index (χ1n) is 6.67. The number of pyridine rings is 1. The number of nitrogens with two attached hydrogens (primary N) is 1. The second kappa shape index (κ2) is 7.47. The van der Waals surface area contributed by atoms with Crippen molar-refractivity contribution in [3.63, 3.8) is 0 Å². The van der Waals surface area contributed by atoms with Gasteiger partial charge in [0.05, 0.1) is 19.3 Å². The molecule has 0 radical (unpaired) electrons. The number of anilines is 2. The Morgan fingerprint density at radius 2 is 2.10 bits per heavy atom. The molecule has 0 saturated heterocycles. The van der Waals surface area contributed by atoms with Crippen molar-refractivity contribution in [1.82, 2.24) is 10.3 Å². The summed E-state index contributed by atoms with van der Waals surface area (Å²) in [6.45, 7) is 4.75. The molecule has 0 aliphatic rings. The van der Waals surface area contributed by atoms with Gasteiger partial charge in [-0.2, -0.15) is 0 Å². The van der Waals surface area contributed by atoms with Gasteiger partial charge < -0.3 is 20.7 Å². The van der Waals surface area contributed by atoms with E-state index in [0.717, 1.165) is 0 Å². The van der Waals surface area contributed by atoms with Crippen LogP contribution in [-0.4, -0.2) is 44.1 Å². The molecule has 0 atom stereocenters. The van der Waals surface area contributed by atoms with E-state index in [1.165, 1.54) is 13.2 Å². The summed E-state index contributed by atoms with van der Waals surface area (Å²) in [4.78, 5) is 29.0. The lowest BCUT2D eigenvalue weighted by atomic mass is 10.2. The molecule has 21 heavy (non-hydrogen) atoms. The van der Waals surface area contributed by atoms with Crippen molar-refractivity contribution in [2.24, 2.45) is 5.92 Å². The van der Waals surface area contributed by atoms with Crippen LogP contribution >= 0.6 is 0 Å². The van der Waals surface area contributed by atoms with Gasteiger partial charge in [-0.25, -0.2) is 9.78 Å². The zero-order valence-corrected chi connectivity index (χ0v) is 12.8. The monoisotopic (exact) mass is 294 g/mol. The first-order chi connectivity index (χ1) is 9.85. The first-order valence-corrected chi connectivity index (χ1v) is 6.67. The number of aromatic nitrogens is 1. The third-order valence-electron chi connectivity index (χ3n) is 2.75. The number of methoxy groups -OCH3 is 1. The molecule has 0 spiro atoms. The van der Waals surface area contributed by atoms with Crippen LogP contribution in [0.1, 0.15) is 24.3 Å². The van der Waals surface area contributed by atoms with Gasteiger partial charge in [0.15, 0.2) is 11.5 Å². The minimum atomic E-state index is -0.547. The van der Waals surface area contributed by atoms with Gasteiger partial charge in [-0.1, -0.05) is 13.8 Å². The fraction of sp³-hybridized carbons (Fsp3) is 0.500. The van der Waals surface area contributed by atoms with Gasteiger partial charge >= 0.3 is 5.97 Å². The van der Waals surface area contributed by atoms with Crippen LogP contribution in [0.25, 0.3) is 0 Å². The average molecular weight is 294 g/mol. The Balaban J connectivity index is 2.79. The average Bonchev–Trinajstić information content (AvgIpc) is 2.44. The van der Waals surface area contributed by atoms with Crippen molar-refractivity contribution in [2.45, 2.75) is 13.8 Å². The SMILES string of the molecule is COC(=O)c1ccc(N)c(N(C)CC(=O)NCC(C)C)n1. The van der Waals surface area contributed by atoms with Gasteiger partial charge in [0.1, 0.15) is 0 Å². The molecule has 1 amide bonds. The Labute approximate surface area is 124 Å². The zero-order valence-electron chi connectivity index (χ0n) is 12.8. The number of rotatable bonds is 6. The third-order valence-corrected chi connectivity index (χ3v) is 2.75. The first kappa shape index (κ1) is 16.7. The number of hydrogen-bond acceptors (Lipinski definition) is 6. The molecule has 0 saturated carbocycles. The highest BCUT2D eigenvalue weighted by Gasteiger charge is 2.15. The molecule has 0 aromatic carbocycles. The molecule has 0 fully saturated rings. The molecule has 0 bridgehead atoms. The van der Waals surface area contributed by atoms with Crippen molar-refractivity contribution in [3.8, 4) is 0 Å². The second-order valence-electron chi connectivity index (χ2n) is 5.15. The quantitative estimate of drug-likeness (QED) is 0.748. The van der Waals surface area contributed by atoms with E-state index >= 15 is 0 Å². The molecular weight excluding hydrogens is 272 g/mol. The normalized spacial score (nSPS) is 10.3. The number of hydrogen-bond donors (Lipinski definition) is 2. The number of ether oxygens (including phenoxy) is 1. The van der Waals surface area contributed by atoms with Gasteiger partial charge in [-0.05, 0) is 18.1 Å². The molecule has 7 nitrogen and oxygen atoms in total. The highest BCUT2D eigenvalue weighted by molar-refractivity contribution is 5.89. The van der Waals surface area contributed by atoms with Crippen LogP contribution in [0.15, 0.2) is 12.1 Å². The number of nitrogens with one attached hydrogen (secondary N) is 1. The maximum Gasteiger partial charge on any atom is 0.356 e. The van der Waals surface area contributed by atoms with Gasteiger partial charge in [0, 0.05) is 13.6 Å². The number of amides is 1. The lowest BCUT2D eigenvalue weighted by Crippen LogP contribution is -2.37. The largest absolute Gasteiger partial charge is 0.464 e. The van der Waals surface area contributed by atoms with Gasteiger partial charge in [-0.3, -0.25) is 4.79 Å². The van der Waals surface area contributed by atoms with E-state index in [4.69, 9.17) is 5.73 Å². The molecular formula is C14H22N4O3. The molecule has 7 heteroatoms. The smallest absolute Gasteiger partial charge is 0.356 e. The number of nitrogen functional groups attached to an aromatic ring is 1. The van der Waals surface area contributed by atoms with Crippen LogP contribution < -0.4 is 16.0 Å². The third kappa shape index (κ3) is 4.94. The van der Waals surface area contributed by atoms with E-state index in [-0.39, 0.29) is 18.1 Å². The molecule has 1 aromatic rings. The predicted octanol–water partition coefficient (Wildman–Crippen LogP) is 0.659. The lowest BCUT2D eigenvalue weighted by Gasteiger charge is -2.20. The lowest BCUT2D eigenvalue weighted by molar-refractivity contribution is -0.119.